The smallest absolute Gasteiger partial charge is 0.238 e. The van der Waals surface area contributed by atoms with E-state index in [1.54, 1.807) is 0 Å². The van der Waals surface area contributed by atoms with Gasteiger partial charge in [-0.25, -0.2) is 4.98 Å². The van der Waals surface area contributed by atoms with Crippen molar-refractivity contribution in [2.24, 2.45) is 0 Å². The fourth-order valence-electron chi connectivity index (χ4n) is 8.30. The van der Waals surface area contributed by atoms with Crippen LogP contribution in [0.25, 0.3) is 104 Å². The molecular weight excluding hydrogens is 693 g/mol. The molecule has 7 aromatic carbocycles. The number of unbranched alkanes of at least 4 members (excludes halogenated alkanes) is 1. The number of hydrogen-bond acceptors (Lipinski definition) is 5. The zero-order valence-corrected chi connectivity index (χ0v) is 31.0. The van der Waals surface area contributed by atoms with Crippen LogP contribution < -0.4 is 0 Å². The van der Waals surface area contributed by atoms with Gasteiger partial charge >= 0.3 is 0 Å². The van der Waals surface area contributed by atoms with E-state index in [-0.39, 0.29) is 0 Å². The molecule has 11 aromatic rings. The van der Waals surface area contributed by atoms with Gasteiger partial charge in [0.05, 0.1) is 11.0 Å². The highest BCUT2D eigenvalue weighted by Crippen LogP contribution is 2.42. The highest BCUT2D eigenvalue weighted by molar-refractivity contribution is 7.26. The normalized spacial score (nSPS) is 11.9. The van der Waals surface area contributed by atoms with Crippen LogP contribution in [-0.4, -0.2) is 19.5 Å². The van der Waals surface area contributed by atoms with Crippen LogP contribution in [0.3, 0.4) is 0 Å². The summed E-state index contributed by atoms with van der Waals surface area (Å²) in [5, 5.41) is 7.11. The van der Waals surface area contributed by atoms with E-state index in [2.05, 4.69) is 133 Å². The maximum Gasteiger partial charge on any atom is 0.238 e. The van der Waals surface area contributed by atoms with Crippen LogP contribution in [0.4, 0.5) is 0 Å². The summed E-state index contributed by atoms with van der Waals surface area (Å²) in [6, 6.07) is 53.4. The zero-order chi connectivity index (χ0) is 36.5. The zero-order valence-electron chi connectivity index (χ0n) is 30.2. The third-order valence-corrected chi connectivity index (χ3v) is 12.1. The van der Waals surface area contributed by atoms with Crippen molar-refractivity contribution in [3.8, 4) is 39.9 Å². The Balaban J connectivity index is 1.14. The highest BCUT2D eigenvalue weighted by atomic mass is 32.1. The van der Waals surface area contributed by atoms with Gasteiger partial charge < -0.3 is 4.42 Å². The quantitative estimate of drug-likeness (QED) is 0.164. The molecule has 0 saturated carbocycles. The molecule has 0 N–H and O–H groups in total. The molecule has 55 heavy (non-hydrogen) atoms. The number of fused-ring (bicyclic) bond motifs is 9. The Kier molecular flexibility index (Phi) is 7.39. The lowest BCUT2D eigenvalue weighted by atomic mass is 10.0. The van der Waals surface area contributed by atoms with Crippen molar-refractivity contribution in [2.75, 3.05) is 0 Å². The predicted octanol–water partition coefficient (Wildman–Crippen LogP) is 13.6. The van der Waals surface area contributed by atoms with Gasteiger partial charge in [0.25, 0.3) is 0 Å². The predicted molar refractivity (Wildman–Crippen MR) is 229 cm³/mol. The summed E-state index contributed by atoms with van der Waals surface area (Å²) >= 11 is 1.83. The largest absolute Gasteiger partial charge is 0.455 e. The Morgan fingerprint density at radius 3 is 2.18 bits per heavy atom. The average Bonchev–Trinajstić information content (AvgIpc) is 3.93. The van der Waals surface area contributed by atoms with Crippen LogP contribution in [0.1, 0.15) is 25.3 Å². The Morgan fingerprint density at radius 2 is 1.29 bits per heavy atom. The second-order valence-electron chi connectivity index (χ2n) is 14.2. The van der Waals surface area contributed by atoms with E-state index in [4.69, 9.17) is 19.4 Å². The molecule has 0 unspecified atom stereocenters. The standard InChI is InChI=1S/C49H34N4OS/c1-2-3-14-30-17-11-26-43-44(30)37-22-13-23-38(46(37)55-43)48-50-47(31-15-5-4-6-16-31)51-49(52-48)53-40-24-9-7-18-34(40)39-29-32(27-28-41(39)53)33-20-12-21-36-35-19-8-10-25-42(35)54-45(33)36/h4-13,15-29H,2-3,14H2,1H3. The van der Waals surface area contributed by atoms with E-state index in [1.807, 2.05) is 41.7 Å². The number of nitrogens with zero attached hydrogens (tertiary/aromatic N) is 4. The molecule has 0 aliphatic rings. The first-order chi connectivity index (χ1) is 27.2. The second-order valence-corrected chi connectivity index (χ2v) is 15.2. The molecule has 0 spiro atoms. The lowest BCUT2D eigenvalue weighted by Crippen LogP contribution is -2.06. The number of furan rings is 1. The Labute approximate surface area is 321 Å². The van der Waals surface area contributed by atoms with E-state index >= 15 is 0 Å². The van der Waals surface area contributed by atoms with Crippen LogP contribution in [-0.2, 0) is 6.42 Å². The molecule has 4 aromatic heterocycles. The highest BCUT2D eigenvalue weighted by Gasteiger charge is 2.21. The minimum absolute atomic E-state index is 0.587. The molecule has 0 fully saturated rings. The van der Waals surface area contributed by atoms with Crippen LogP contribution in [0, 0.1) is 0 Å². The number of aryl methyl sites for hydroxylation is 1. The van der Waals surface area contributed by atoms with Gasteiger partial charge in [-0.05, 0) is 60.4 Å². The fraction of sp³-hybridized carbons (Fsp3) is 0.0816. The number of rotatable bonds is 7. The Morgan fingerprint density at radius 1 is 0.564 bits per heavy atom. The number of para-hydroxylation sites is 3. The first kappa shape index (κ1) is 31.9. The number of benzene rings is 7. The molecular formula is C49H34N4OS. The number of aromatic nitrogens is 4. The van der Waals surface area contributed by atoms with Crippen molar-refractivity contribution >= 4 is 75.3 Å². The number of thiophene rings is 1. The Bertz CT molecular complexity index is 3260. The molecule has 0 saturated heterocycles. The second kappa shape index (κ2) is 12.8. The maximum absolute atomic E-state index is 6.46. The van der Waals surface area contributed by atoms with E-state index in [0.29, 0.717) is 17.6 Å². The van der Waals surface area contributed by atoms with Crippen molar-refractivity contribution < 1.29 is 4.42 Å². The van der Waals surface area contributed by atoms with Crippen molar-refractivity contribution in [1.82, 2.24) is 19.5 Å². The summed E-state index contributed by atoms with van der Waals surface area (Å²) in [5.41, 5.74) is 9.38. The minimum Gasteiger partial charge on any atom is -0.455 e. The number of hydrogen-bond donors (Lipinski definition) is 0. The summed E-state index contributed by atoms with van der Waals surface area (Å²) in [6.07, 6.45) is 3.41. The summed E-state index contributed by atoms with van der Waals surface area (Å²) in [5.74, 6) is 1.89. The first-order valence-electron chi connectivity index (χ1n) is 18.9. The summed E-state index contributed by atoms with van der Waals surface area (Å²) in [7, 11) is 0. The molecule has 6 heteroatoms. The van der Waals surface area contributed by atoms with Crippen LogP contribution >= 0.6 is 11.3 Å². The third kappa shape index (κ3) is 5.09. The van der Waals surface area contributed by atoms with E-state index in [0.717, 1.165) is 72.4 Å². The summed E-state index contributed by atoms with van der Waals surface area (Å²) in [4.78, 5) is 15.8. The Hall–Kier alpha value is -6.63. The van der Waals surface area contributed by atoms with Crippen molar-refractivity contribution in [3.05, 3.63) is 157 Å². The van der Waals surface area contributed by atoms with Crippen molar-refractivity contribution in [1.29, 1.82) is 0 Å². The van der Waals surface area contributed by atoms with Gasteiger partial charge in [0.2, 0.25) is 5.95 Å². The molecule has 0 aliphatic carbocycles. The van der Waals surface area contributed by atoms with Crippen LogP contribution in [0.2, 0.25) is 0 Å². The van der Waals surface area contributed by atoms with Crippen LogP contribution in [0.15, 0.2) is 156 Å². The minimum atomic E-state index is 0.587. The van der Waals surface area contributed by atoms with Gasteiger partial charge in [0.15, 0.2) is 11.6 Å². The van der Waals surface area contributed by atoms with Crippen molar-refractivity contribution in [2.45, 2.75) is 26.2 Å². The molecule has 0 atom stereocenters. The van der Waals surface area contributed by atoms with E-state index < -0.39 is 0 Å². The lowest BCUT2D eigenvalue weighted by Gasteiger charge is -2.11. The van der Waals surface area contributed by atoms with Crippen LogP contribution in [0.5, 0.6) is 0 Å². The summed E-state index contributed by atoms with van der Waals surface area (Å²) in [6.45, 7) is 2.26. The first-order valence-corrected chi connectivity index (χ1v) is 19.7. The van der Waals surface area contributed by atoms with Gasteiger partial charge in [-0.1, -0.05) is 129 Å². The molecule has 0 bridgehead atoms. The average molecular weight is 727 g/mol. The maximum atomic E-state index is 6.46. The fourth-order valence-corrected chi connectivity index (χ4v) is 9.56. The van der Waals surface area contributed by atoms with Gasteiger partial charge in [0.1, 0.15) is 11.2 Å². The topological polar surface area (TPSA) is 56.7 Å². The molecule has 11 rings (SSSR count). The molecule has 5 nitrogen and oxygen atoms in total. The van der Waals surface area contributed by atoms with E-state index in [1.165, 1.54) is 38.6 Å². The van der Waals surface area contributed by atoms with E-state index in [9.17, 15) is 0 Å². The molecule has 0 amide bonds. The van der Waals surface area contributed by atoms with Gasteiger partial charge in [0, 0.05) is 58.4 Å². The lowest BCUT2D eigenvalue weighted by molar-refractivity contribution is 0.670. The SMILES string of the molecule is CCCCc1cccc2sc3c(-c4nc(-c5ccccc5)nc(-n5c6ccccc6c6cc(-c7cccc8c7oc7ccccc78)ccc65)n4)cccc3c12. The molecule has 4 heterocycles. The summed E-state index contributed by atoms with van der Waals surface area (Å²) < 4.78 is 11.2. The van der Waals surface area contributed by atoms with Gasteiger partial charge in [-0.2, -0.15) is 9.97 Å². The van der Waals surface area contributed by atoms with Gasteiger partial charge in [-0.3, -0.25) is 4.57 Å². The molecule has 262 valence electrons. The molecule has 0 radical (unpaired) electrons. The monoisotopic (exact) mass is 726 g/mol. The third-order valence-electron chi connectivity index (χ3n) is 10.9. The molecule has 0 aliphatic heterocycles. The van der Waals surface area contributed by atoms with Crippen molar-refractivity contribution in [3.63, 3.8) is 0 Å². The van der Waals surface area contributed by atoms with Gasteiger partial charge in [-0.15, -0.1) is 11.3 Å².